The number of nitrogens with one attached hydrogen (secondary N) is 2. The zero-order valence-electron chi connectivity index (χ0n) is 22.6. The van der Waals surface area contributed by atoms with Gasteiger partial charge >= 0.3 is 0 Å². The van der Waals surface area contributed by atoms with E-state index in [9.17, 15) is 4.79 Å². The molecule has 3 aromatic carbocycles. The quantitative estimate of drug-likeness (QED) is 0.238. The second kappa shape index (κ2) is 11.9. The molecule has 2 heterocycles. The number of nitrogens with zero attached hydrogens (tertiary/aromatic N) is 1. The van der Waals surface area contributed by atoms with Gasteiger partial charge in [0.25, 0.3) is 5.91 Å². The molecule has 2 aliphatic heterocycles. The van der Waals surface area contributed by atoms with Crippen LogP contribution >= 0.6 is 11.6 Å². The van der Waals surface area contributed by atoms with Gasteiger partial charge in [0.15, 0.2) is 0 Å². The summed E-state index contributed by atoms with van der Waals surface area (Å²) in [5.74, 6) is 0.450. The van der Waals surface area contributed by atoms with E-state index in [1.54, 1.807) is 18.2 Å². The summed E-state index contributed by atoms with van der Waals surface area (Å²) in [4.78, 5) is 15.8. The average molecular weight is 545 g/mol. The largest absolute Gasteiger partial charge is 0.398 e. The van der Waals surface area contributed by atoms with Crippen molar-refractivity contribution >= 4 is 28.9 Å². The molecule has 7 heteroatoms. The molecule has 6 nitrogen and oxygen atoms in total. The summed E-state index contributed by atoms with van der Waals surface area (Å²) in [6.07, 6.45) is 2.28. The van der Waals surface area contributed by atoms with Crippen LogP contribution in [0.4, 0.5) is 5.69 Å². The number of nitrogen functional groups attached to an aromatic ring is 1. The van der Waals surface area contributed by atoms with Crippen LogP contribution in [0.2, 0.25) is 5.02 Å². The summed E-state index contributed by atoms with van der Waals surface area (Å²) in [7, 11) is 0. The fraction of sp³-hybridized carbons (Fsp3) is 0.375. The Morgan fingerprint density at radius 2 is 1.69 bits per heavy atom. The van der Waals surface area contributed by atoms with E-state index in [2.05, 4.69) is 36.2 Å². The second-order valence-electron chi connectivity index (χ2n) is 11.0. The molecule has 0 spiro atoms. The van der Waals surface area contributed by atoms with E-state index in [0.717, 1.165) is 50.3 Å². The Labute approximate surface area is 236 Å². The molecule has 5 rings (SSSR count). The summed E-state index contributed by atoms with van der Waals surface area (Å²) < 4.78 is 5.35. The van der Waals surface area contributed by atoms with Crippen LogP contribution in [-0.4, -0.2) is 48.9 Å². The Kier molecular flexibility index (Phi) is 8.36. The number of benzene rings is 3. The van der Waals surface area contributed by atoms with Crippen molar-refractivity contribution < 1.29 is 9.53 Å². The molecular weight excluding hydrogens is 508 g/mol. The van der Waals surface area contributed by atoms with Gasteiger partial charge in [-0.15, -0.1) is 0 Å². The molecule has 2 saturated heterocycles. The highest BCUT2D eigenvalue weighted by molar-refractivity contribution is 6.31. The maximum Gasteiger partial charge on any atom is 0.251 e. The van der Waals surface area contributed by atoms with Gasteiger partial charge in [-0.2, -0.15) is 0 Å². The van der Waals surface area contributed by atoms with Crippen molar-refractivity contribution in [1.29, 1.82) is 5.41 Å². The predicted molar refractivity (Wildman–Crippen MR) is 158 cm³/mol. The number of hydrogen-bond donors (Lipinski definition) is 3. The number of carbonyl (C=O) groups excluding carboxylic acids is 1. The molecule has 0 bridgehead atoms. The van der Waals surface area contributed by atoms with Gasteiger partial charge in [-0.25, -0.2) is 0 Å². The lowest BCUT2D eigenvalue weighted by atomic mass is 9.87. The molecule has 1 atom stereocenters. The van der Waals surface area contributed by atoms with Crippen LogP contribution in [0.15, 0.2) is 66.7 Å². The maximum atomic E-state index is 13.3. The van der Waals surface area contributed by atoms with Crippen molar-refractivity contribution in [2.45, 2.75) is 44.7 Å². The molecule has 0 aliphatic carbocycles. The minimum Gasteiger partial charge on any atom is -0.398 e. The molecule has 1 unspecified atom stereocenters. The number of carbonyl (C=O) groups is 1. The highest BCUT2D eigenvalue weighted by atomic mass is 35.5. The van der Waals surface area contributed by atoms with Crippen molar-refractivity contribution in [2.75, 3.05) is 32.0 Å². The number of halogens is 1. The zero-order chi connectivity index (χ0) is 27.5. The van der Waals surface area contributed by atoms with Gasteiger partial charge < -0.3 is 15.8 Å². The van der Waals surface area contributed by atoms with Crippen LogP contribution in [0.25, 0.3) is 0 Å². The Morgan fingerprint density at radius 1 is 1.03 bits per heavy atom. The smallest absolute Gasteiger partial charge is 0.251 e. The number of nitrogens with two attached hydrogens (primary N) is 1. The third-order valence-corrected chi connectivity index (χ3v) is 8.46. The lowest BCUT2D eigenvalue weighted by Crippen LogP contribution is -2.51. The van der Waals surface area contributed by atoms with Crippen LogP contribution in [0, 0.1) is 11.3 Å². The molecule has 2 fully saturated rings. The first-order valence-electron chi connectivity index (χ1n) is 13.8. The van der Waals surface area contributed by atoms with Crippen molar-refractivity contribution in [3.8, 4) is 0 Å². The molecule has 3 aromatic rings. The molecule has 4 N–H and O–H groups in total. The first kappa shape index (κ1) is 27.4. The molecule has 0 saturated carbocycles. The van der Waals surface area contributed by atoms with E-state index in [0.29, 0.717) is 39.5 Å². The molecule has 0 radical (unpaired) electrons. The highest BCUT2D eigenvalue weighted by Crippen LogP contribution is 2.31. The van der Waals surface area contributed by atoms with E-state index < -0.39 is 0 Å². The van der Waals surface area contributed by atoms with Crippen molar-refractivity contribution in [3.63, 3.8) is 0 Å². The number of likely N-dealkylation sites (tertiary alicyclic amines) is 1. The molecule has 1 amide bonds. The summed E-state index contributed by atoms with van der Waals surface area (Å²) >= 11 is 6.43. The minimum atomic E-state index is -0.242. The third kappa shape index (κ3) is 6.03. The lowest BCUT2D eigenvalue weighted by Gasteiger charge is -2.41. The van der Waals surface area contributed by atoms with Crippen LogP contribution in [-0.2, 0) is 4.74 Å². The molecule has 2 aliphatic rings. The monoisotopic (exact) mass is 544 g/mol. The van der Waals surface area contributed by atoms with Crippen LogP contribution < -0.4 is 11.1 Å². The highest BCUT2D eigenvalue weighted by Gasteiger charge is 2.30. The first-order valence-corrected chi connectivity index (χ1v) is 14.2. The van der Waals surface area contributed by atoms with Gasteiger partial charge in [0, 0.05) is 27.4 Å². The normalized spacial score (nSPS) is 17.5. The number of rotatable bonds is 8. The average Bonchev–Trinajstić information content (AvgIpc) is 2.91. The Morgan fingerprint density at radius 3 is 2.31 bits per heavy atom. The Balaban J connectivity index is 1.28. The van der Waals surface area contributed by atoms with Gasteiger partial charge in [-0.1, -0.05) is 67.9 Å². The number of amides is 1. The summed E-state index contributed by atoms with van der Waals surface area (Å²) in [6, 6.07) is 21.3. The fourth-order valence-electron chi connectivity index (χ4n) is 5.58. The van der Waals surface area contributed by atoms with Crippen LogP contribution in [0.1, 0.15) is 71.3 Å². The van der Waals surface area contributed by atoms with Gasteiger partial charge in [-0.05, 0) is 73.2 Å². The summed E-state index contributed by atoms with van der Waals surface area (Å²) in [6.45, 7) is 8.05. The number of anilines is 1. The second-order valence-corrected chi connectivity index (χ2v) is 11.4. The summed E-state index contributed by atoms with van der Waals surface area (Å²) in [5, 5.41) is 12.6. The van der Waals surface area contributed by atoms with Gasteiger partial charge in [0.05, 0.1) is 31.0 Å². The van der Waals surface area contributed by atoms with E-state index in [-0.39, 0.29) is 17.9 Å². The van der Waals surface area contributed by atoms with Crippen LogP contribution in [0.5, 0.6) is 0 Å². The molecular formula is C32H37ClN4O2. The summed E-state index contributed by atoms with van der Waals surface area (Å²) in [5.41, 5.74) is 11.0. The zero-order valence-corrected chi connectivity index (χ0v) is 23.4. The van der Waals surface area contributed by atoms with Gasteiger partial charge in [0.1, 0.15) is 0 Å². The number of ether oxygens (including phenoxy) is 1. The lowest BCUT2D eigenvalue weighted by molar-refractivity contribution is -0.0712. The standard InChI is InChI=1S/C32H37ClN4O2/c1-20(2)31(26-5-3-4-6-28(26)33)36-32(38)24-11-12-29(34)27(17-24)30(35)23-9-7-21(8-10-23)22-13-15-37(16-14-22)25-18-39-19-25/h3-12,17,20,22,25,31,35H,13-16,18-19,34H2,1-2H3,(H,36,38). The van der Waals surface area contributed by atoms with Crippen molar-refractivity contribution in [1.82, 2.24) is 10.2 Å². The Bertz CT molecular complexity index is 1330. The van der Waals surface area contributed by atoms with E-state index in [4.69, 9.17) is 27.5 Å². The SMILES string of the molecule is CC(C)C(NC(=O)c1ccc(N)c(C(=N)c2ccc(C3CCN(C4COC4)CC3)cc2)c1)c1ccccc1Cl. The minimum absolute atomic E-state index is 0.137. The van der Waals surface area contributed by atoms with Crippen molar-refractivity contribution in [3.05, 3.63) is 99.6 Å². The van der Waals surface area contributed by atoms with E-state index in [1.165, 1.54) is 5.56 Å². The van der Waals surface area contributed by atoms with Crippen molar-refractivity contribution in [2.24, 2.45) is 5.92 Å². The number of hydrogen-bond acceptors (Lipinski definition) is 5. The van der Waals surface area contributed by atoms with Gasteiger partial charge in [-0.3, -0.25) is 15.1 Å². The van der Waals surface area contributed by atoms with E-state index >= 15 is 0 Å². The molecule has 0 aromatic heterocycles. The topological polar surface area (TPSA) is 91.4 Å². The van der Waals surface area contributed by atoms with Crippen LogP contribution in [0.3, 0.4) is 0 Å². The third-order valence-electron chi connectivity index (χ3n) is 8.12. The number of piperidine rings is 1. The van der Waals surface area contributed by atoms with E-state index in [1.807, 2.05) is 36.4 Å². The first-order chi connectivity index (χ1) is 18.8. The predicted octanol–water partition coefficient (Wildman–Crippen LogP) is 6.04. The maximum absolute atomic E-state index is 13.3. The molecule has 39 heavy (non-hydrogen) atoms. The fourth-order valence-corrected chi connectivity index (χ4v) is 5.83. The van der Waals surface area contributed by atoms with Gasteiger partial charge in [0.2, 0.25) is 0 Å². The molecule has 204 valence electrons. The Hall–Kier alpha value is -3.19.